The molecule has 0 rings (SSSR count). The van der Waals surface area contributed by atoms with Crippen molar-refractivity contribution in [3.63, 3.8) is 0 Å². The molecule has 0 aromatic carbocycles. The summed E-state index contributed by atoms with van der Waals surface area (Å²) in [6.07, 6.45) is 0. The maximum atomic E-state index is 10.0. The maximum absolute atomic E-state index is 10.0. The monoisotopic (exact) mass is 140 g/mol. The molecule has 9 heavy (non-hydrogen) atoms. The van der Waals surface area contributed by atoms with E-state index in [1.54, 1.807) is 6.92 Å². The van der Waals surface area contributed by atoms with Crippen LogP contribution >= 0.6 is 0 Å². The summed E-state index contributed by atoms with van der Waals surface area (Å²) < 4.78 is 0. The van der Waals surface area contributed by atoms with E-state index in [9.17, 15) is 9.59 Å². The summed E-state index contributed by atoms with van der Waals surface area (Å²) >= 11 is 0. The van der Waals surface area contributed by atoms with Crippen LogP contribution in [-0.4, -0.2) is 23.5 Å². The van der Waals surface area contributed by atoms with E-state index in [1.807, 2.05) is 0 Å². The normalized spacial score (nSPS) is 7.22. The van der Waals surface area contributed by atoms with Gasteiger partial charge in [-0.2, -0.15) is 0 Å². The van der Waals surface area contributed by atoms with Crippen LogP contribution in [0.4, 0.5) is 0 Å². The largest absolute Gasteiger partial charge is 1.00 e. The zero-order chi connectivity index (χ0) is 6.57. The number of carboxylic acids is 1. The molecule has 0 aliphatic heterocycles. The van der Waals surface area contributed by atoms with E-state index in [0.717, 1.165) is 0 Å². The Morgan fingerprint density at radius 1 is 1.56 bits per heavy atom. The van der Waals surface area contributed by atoms with Gasteiger partial charge in [0.2, 0.25) is 0 Å². The van der Waals surface area contributed by atoms with Crippen molar-refractivity contribution in [2.24, 2.45) is 0 Å². The predicted octanol–water partition coefficient (Wildman–Crippen LogP) is -3.79. The van der Waals surface area contributed by atoms with E-state index in [0.29, 0.717) is 6.54 Å². The average Bonchev–Trinajstić information content (AvgIpc) is 1.67. The topological polar surface area (TPSA) is 66.4 Å². The molecule has 4 nitrogen and oxygen atoms in total. The molecule has 0 unspecified atom stereocenters. The zero-order valence-corrected chi connectivity index (χ0v) is 7.47. The van der Waals surface area contributed by atoms with Gasteiger partial charge in [0.15, 0.2) is 0 Å². The minimum Gasteiger partial charge on any atom is -0.474 e. The fourth-order valence-electron chi connectivity index (χ4n) is 0.236. The van der Waals surface area contributed by atoms with E-state index in [1.165, 1.54) is 0 Å². The number of hydrogen-bond donors (Lipinski definition) is 2. The van der Waals surface area contributed by atoms with E-state index in [-0.39, 0.29) is 29.6 Å². The molecule has 46 valence electrons. The number of amides is 1. The van der Waals surface area contributed by atoms with Crippen LogP contribution in [0.5, 0.6) is 0 Å². The number of carbonyl (C=O) groups is 2. The molecule has 2 N–H and O–H groups in total. The van der Waals surface area contributed by atoms with Gasteiger partial charge in [0.05, 0.1) is 0 Å². The van der Waals surface area contributed by atoms with Gasteiger partial charge < -0.3 is 10.4 Å². The third-order valence-electron chi connectivity index (χ3n) is 0.532. The summed E-state index contributed by atoms with van der Waals surface area (Å²) in [6.45, 7) is 2.01. The molecule has 0 aromatic heterocycles. The summed E-state index contributed by atoms with van der Waals surface area (Å²) in [6, 6.07) is 0. The summed E-state index contributed by atoms with van der Waals surface area (Å²) in [4.78, 5) is 19.7. The van der Waals surface area contributed by atoms with Crippen molar-refractivity contribution in [3.8, 4) is 0 Å². The number of rotatable bonds is 1. The zero-order valence-electron chi connectivity index (χ0n) is 5.47. The minimum atomic E-state index is -1.44. The standard InChI is InChI=1S/C4H7NO3.Na/c1-2-5-3(6)4(7)8;/h2H2,1H3,(H,5,6)(H,7,8);/q;+1. The van der Waals surface area contributed by atoms with Crippen molar-refractivity contribution in [2.75, 3.05) is 6.54 Å². The van der Waals surface area contributed by atoms with Crippen LogP contribution in [0.2, 0.25) is 0 Å². The number of carboxylic acid groups (broad SMARTS) is 1. The Morgan fingerprint density at radius 3 is 2.11 bits per heavy atom. The third kappa shape index (κ3) is 5.82. The first-order valence-corrected chi connectivity index (χ1v) is 2.19. The fraction of sp³-hybridized carbons (Fsp3) is 0.500. The van der Waals surface area contributed by atoms with Crippen LogP contribution in [0, 0.1) is 0 Å². The first-order valence-electron chi connectivity index (χ1n) is 2.19. The number of hydrogen-bond acceptors (Lipinski definition) is 2. The first kappa shape index (κ1) is 11.7. The SMILES string of the molecule is CCNC(=O)C(=O)O.[Na+]. The van der Waals surface area contributed by atoms with Crippen LogP contribution in [0.3, 0.4) is 0 Å². The molecule has 0 aromatic rings. The van der Waals surface area contributed by atoms with Crippen LogP contribution in [-0.2, 0) is 9.59 Å². The number of likely N-dealkylation sites (N-methyl/N-ethyl adjacent to an activating group) is 1. The first-order chi connectivity index (χ1) is 3.68. The number of nitrogens with one attached hydrogen (secondary N) is 1. The van der Waals surface area contributed by atoms with Crippen molar-refractivity contribution < 1.29 is 44.3 Å². The van der Waals surface area contributed by atoms with Crippen molar-refractivity contribution in [2.45, 2.75) is 6.92 Å². The van der Waals surface area contributed by atoms with Gasteiger partial charge in [-0.15, -0.1) is 0 Å². The fourth-order valence-corrected chi connectivity index (χ4v) is 0.236. The maximum Gasteiger partial charge on any atom is 1.00 e. The smallest absolute Gasteiger partial charge is 0.474 e. The quantitative estimate of drug-likeness (QED) is 0.290. The molecule has 1 amide bonds. The molecule has 0 heterocycles. The van der Waals surface area contributed by atoms with Crippen molar-refractivity contribution in [3.05, 3.63) is 0 Å². The number of carbonyl (C=O) groups excluding carboxylic acids is 1. The van der Waals surface area contributed by atoms with E-state index >= 15 is 0 Å². The van der Waals surface area contributed by atoms with Crippen molar-refractivity contribution >= 4 is 11.9 Å². The Bertz CT molecular complexity index is 114. The molecule has 0 saturated heterocycles. The van der Waals surface area contributed by atoms with Gasteiger partial charge in [0.25, 0.3) is 0 Å². The summed E-state index contributed by atoms with van der Waals surface area (Å²) in [5, 5.41) is 10.0. The average molecular weight is 140 g/mol. The Kier molecular flexibility index (Phi) is 7.89. The van der Waals surface area contributed by atoms with Gasteiger partial charge in [0.1, 0.15) is 0 Å². The van der Waals surface area contributed by atoms with Crippen LogP contribution in [0.25, 0.3) is 0 Å². The Labute approximate surface area is 74.9 Å². The van der Waals surface area contributed by atoms with Gasteiger partial charge in [-0.05, 0) is 6.92 Å². The van der Waals surface area contributed by atoms with E-state index in [2.05, 4.69) is 5.32 Å². The molecule has 5 heteroatoms. The second-order valence-electron chi connectivity index (χ2n) is 1.16. The molecule has 0 aliphatic carbocycles. The summed E-state index contributed by atoms with van der Waals surface area (Å²) in [5.74, 6) is -2.39. The second kappa shape index (κ2) is 6.07. The van der Waals surface area contributed by atoms with Crippen LogP contribution < -0.4 is 34.9 Å². The summed E-state index contributed by atoms with van der Waals surface area (Å²) in [7, 11) is 0. The van der Waals surface area contributed by atoms with E-state index < -0.39 is 11.9 Å². The third-order valence-corrected chi connectivity index (χ3v) is 0.532. The Morgan fingerprint density at radius 2 is 2.00 bits per heavy atom. The Balaban J connectivity index is 0. The van der Waals surface area contributed by atoms with Gasteiger partial charge in [-0.1, -0.05) is 0 Å². The molecular formula is C4H7NNaO3+. The molecular weight excluding hydrogens is 133 g/mol. The minimum absolute atomic E-state index is 0. The molecule has 0 spiro atoms. The van der Waals surface area contributed by atoms with Crippen molar-refractivity contribution in [1.29, 1.82) is 0 Å². The number of aliphatic carboxylic acids is 1. The van der Waals surface area contributed by atoms with Gasteiger partial charge in [0, 0.05) is 6.54 Å². The van der Waals surface area contributed by atoms with Gasteiger partial charge in [-0.3, -0.25) is 4.79 Å². The molecule has 0 bridgehead atoms. The second-order valence-corrected chi connectivity index (χ2v) is 1.16. The van der Waals surface area contributed by atoms with Gasteiger partial charge in [-0.25, -0.2) is 4.79 Å². The van der Waals surface area contributed by atoms with Crippen LogP contribution in [0.1, 0.15) is 6.92 Å². The summed E-state index contributed by atoms with van der Waals surface area (Å²) in [5.41, 5.74) is 0. The van der Waals surface area contributed by atoms with Crippen LogP contribution in [0.15, 0.2) is 0 Å². The van der Waals surface area contributed by atoms with E-state index in [4.69, 9.17) is 5.11 Å². The predicted molar refractivity (Wildman–Crippen MR) is 26.3 cm³/mol. The molecule has 0 saturated carbocycles. The Hall–Kier alpha value is -0.0600. The molecule has 0 aliphatic rings. The molecule has 0 atom stereocenters. The molecule has 0 radical (unpaired) electrons. The van der Waals surface area contributed by atoms with Gasteiger partial charge >= 0.3 is 41.4 Å². The molecule has 0 fully saturated rings. The van der Waals surface area contributed by atoms with Crippen molar-refractivity contribution in [1.82, 2.24) is 5.32 Å².